The average Bonchev–Trinajstić information content (AvgIpc) is 2.84. The molecule has 0 radical (unpaired) electrons. The molecular formula is C21H20N2O2. The maximum atomic E-state index is 13.0. The third-order valence-electron chi connectivity index (χ3n) is 4.72. The Kier molecular flexibility index (Phi) is 3.79. The van der Waals surface area contributed by atoms with Crippen molar-refractivity contribution < 1.29 is 9.63 Å². The van der Waals surface area contributed by atoms with Crippen LogP contribution in [0, 0.1) is 0 Å². The zero-order chi connectivity index (χ0) is 17.4. The molecule has 0 fully saturated rings. The van der Waals surface area contributed by atoms with Crippen LogP contribution in [0.25, 0.3) is 10.8 Å². The van der Waals surface area contributed by atoms with Gasteiger partial charge >= 0.3 is 0 Å². The van der Waals surface area contributed by atoms with Gasteiger partial charge in [-0.25, -0.2) is 0 Å². The summed E-state index contributed by atoms with van der Waals surface area (Å²) in [5.41, 5.74) is 8.09. The quantitative estimate of drug-likeness (QED) is 0.795. The number of hydrogen-bond acceptors (Lipinski definition) is 3. The standard InChI is InChI=1S/C21H20N2O2/c1-2-25-23-19-10-6-5-9-18(19)21(22,20(23)24)14-15-11-12-16-7-3-4-8-17(16)13-15/h3-13H,2,14,22H2,1H3. The number of benzene rings is 3. The zero-order valence-electron chi connectivity index (χ0n) is 14.1. The van der Waals surface area contributed by atoms with Crippen LogP contribution in [-0.4, -0.2) is 12.5 Å². The van der Waals surface area contributed by atoms with Gasteiger partial charge < -0.3 is 5.73 Å². The molecule has 4 nitrogen and oxygen atoms in total. The molecule has 1 aliphatic rings. The molecule has 0 saturated heterocycles. The van der Waals surface area contributed by atoms with Gasteiger partial charge in [-0.15, -0.1) is 0 Å². The van der Waals surface area contributed by atoms with Gasteiger partial charge in [0.15, 0.2) is 0 Å². The van der Waals surface area contributed by atoms with Gasteiger partial charge in [0.2, 0.25) is 0 Å². The van der Waals surface area contributed by atoms with Crippen molar-refractivity contribution in [2.45, 2.75) is 18.9 Å². The van der Waals surface area contributed by atoms with Crippen LogP contribution in [0.4, 0.5) is 5.69 Å². The maximum absolute atomic E-state index is 13.0. The predicted molar refractivity (Wildman–Crippen MR) is 99.1 cm³/mol. The van der Waals surface area contributed by atoms with Crippen molar-refractivity contribution in [2.75, 3.05) is 11.7 Å². The van der Waals surface area contributed by atoms with Crippen molar-refractivity contribution in [1.29, 1.82) is 0 Å². The Morgan fingerprint density at radius 1 is 1.00 bits per heavy atom. The minimum atomic E-state index is -1.12. The van der Waals surface area contributed by atoms with Gasteiger partial charge in [-0.2, -0.15) is 5.06 Å². The van der Waals surface area contributed by atoms with Crippen LogP contribution in [0.3, 0.4) is 0 Å². The fraction of sp³-hybridized carbons (Fsp3) is 0.190. The summed E-state index contributed by atoms with van der Waals surface area (Å²) in [6.07, 6.45) is 0.428. The number of rotatable bonds is 4. The number of nitrogens with two attached hydrogens (primary N) is 1. The van der Waals surface area contributed by atoms with Crippen molar-refractivity contribution in [3.63, 3.8) is 0 Å². The number of amides is 1. The zero-order valence-corrected chi connectivity index (χ0v) is 14.1. The van der Waals surface area contributed by atoms with E-state index < -0.39 is 5.54 Å². The lowest BCUT2D eigenvalue weighted by molar-refractivity contribution is -0.129. The lowest BCUT2D eigenvalue weighted by atomic mass is 9.85. The largest absolute Gasteiger partial charge is 0.313 e. The summed E-state index contributed by atoms with van der Waals surface area (Å²) in [5, 5.41) is 3.66. The van der Waals surface area contributed by atoms with Gasteiger partial charge in [0.1, 0.15) is 5.54 Å². The molecule has 1 aliphatic heterocycles. The van der Waals surface area contributed by atoms with Crippen LogP contribution in [-0.2, 0) is 21.6 Å². The van der Waals surface area contributed by atoms with E-state index in [9.17, 15) is 4.79 Å². The normalized spacial score (nSPS) is 19.4. The number of para-hydroxylation sites is 1. The topological polar surface area (TPSA) is 55.6 Å². The minimum Gasteiger partial charge on any atom is -0.313 e. The Labute approximate surface area is 146 Å². The third kappa shape index (κ3) is 2.51. The highest BCUT2D eigenvalue weighted by Crippen LogP contribution is 2.40. The van der Waals surface area contributed by atoms with Gasteiger partial charge in [-0.1, -0.05) is 60.7 Å². The number of carbonyl (C=O) groups is 1. The number of nitrogens with zero attached hydrogens (tertiary/aromatic N) is 1. The van der Waals surface area contributed by atoms with Gasteiger partial charge in [-0.3, -0.25) is 9.63 Å². The van der Waals surface area contributed by atoms with Crippen molar-refractivity contribution in [1.82, 2.24) is 0 Å². The van der Waals surface area contributed by atoms with Crippen LogP contribution >= 0.6 is 0 Å². The summed E-state index contributed by atoms with van der Waals surface area (Å²) in [6, 6.07) is 22.0. The molecule has 4 heteroatoms. The minimum absolute atomic E-state index is 0.219. The highest BCUT2D eigenvalue weighted by molar-refractivity contribution is 6.06. The molecule has 1 heterocycles. The monoisotopic (exact) mass is 332 g/mol. The Bertz CT molecular complexity index is 953. The van der Waals surface area contributed by atoms with E-state index in [1.54, 1.807) is 0 Å². The Morgan fingerprint density at radius 2 is 1.72 bits per heavy atom. The van der Waals surface area contributed by atoms with E-state index in [1.165, 1.54) is 10.4 Å². The highest BCUT2D eigenvalue weighted by Gasteiger charge is 2.48. The van der Waals surface area contributed by atoms with E-state index in [0.29, 0.717) is 13.0 Å². The number of fused-ring (bicyclic) bond motifs is 2. The van der Waals surface area contributed by atoms with Crippen molar-refractivity contribution in [3.8, 4) is 0 Å². The van der Waals surface area contributed by atoms with Gasteiger partial charge in [0.05, 0.1) is 12.3 Å². The third-order valence-corrected chi connectivity index (χ3v) is 4.72. The molecule has 0 aliphatic carbocycles. The fourth-order valence-electron chi connectivity index (χ4n) is 3.53. The van der Waals surface area contributed by atoms with Crippen molar-refractivity contribution >= 4 is 22.4 Å². The first-order valence-electron chi connectivity index (χ1n) is 8.47. The summed E-state index contributed by atoms with van der Waals surface area (Å²) < 4.78 is 0. The number of hydroxylamine groups is 1. The molecule has 3 aromatic carbocycles. The van der Waals surface area contributed by atoms with Gasteiger partial charge in [-0.05, 0) is 29.3 Å². The van der Waals surface area contributed by atoms with Crippen molar-refractivity contribution in [2.24, 2.45) is 5.73 Å². The SMILES string of the molecule is CCON1C(=O)C(N)(Cc2ccc3ccccc3c2)c2ccccc21. The molecule has 0 bridgehead atoms. The average molecular weight is 332 g/mol. The lowest BCUT2D eigenvalue weighted by Crippen LogP contribution is -2.48. The number of hydrogen-bond donors (Lipinski definition) is 1. The Balaban J connectivity index is 1.76. The Morgan fingerprint density at radius 3 is 2.52 bits per heavy atom. The van der Waals surface area contributed by atoms with Crippen LogP contribution in [0.2, 0.25) is 0 Å². The second-order valence-electron chi connectivity index (χ2n) is 6.36. The van der Waals surface area contributed by atoms with Gasteiger partial charge in [0, 0.05) is 12.0 Å². The first kappa shape index (κ1) is 15.8. The van der Waals surface area contributed by atoms with Crippen LogP contribution < -0.4 is 10.8 Å². The van der Waals surface area contributed by atoms with Crippen LogP contribution in [0.1, 0.15) is 18.1 Å². The van der Waals surface area contributed by atoms with Crippen LogP contribution in [0.5, 0.6) is 0 Å². The highest BCUT2D eigenvalue weighted by atomic mass is 16.7. The van der Waals surface area contributed by atoms with E-state index in [2.05, 4.69) is 24.3 Å². The lowest BCUT2D eigenvalue weighted by Gasteiger charge is -2.24. The molecule has 1 amide bonds. The molecular weight excluding hydrogens is 312 g/mol. The maximum Gasteiger partial charge on any atom is 0.275 e. The molecule has 1 atom stereocenters. The summed E-state index contributed by atoms with van der Waals surface area (Å²) in [4.78, 5) is 18.6. The number of carbonyl (C=O) groups excluding carboxylic acids is 1. The van der Waals surface area contributed by atoms with E-state index in [0.717, 1.165) is 22.2 Å². The molecule has 0 saturated carbocycles. The predicted octanol–water partition coefficient (Wildman–Crippen LogP) is 3.53. The first-order chi connectivity index (χ1) is 12.1. The summed E-state index contributed by atoms with van der Waals surface area (Å²) >= 11 is 0. The smallest absolute Gasteiger partial charge is 0.275 e. The number of anilines is 1. The van der Waals surface area contributed by atoms with E-state index in [1.807, 2.05) is 49.4 Å². The molecule has 2 N–H and O–H groups in total. The van der Waals surface area contributed by atoms with E-state index in [4.69, 9.17) is 10.6 Å². The second kappa shape index (κ2) is 5.99. The van der Waals surface area contributed by atoms with Gasteiger partial charge in [0.25, 0.3) is 5.91 Å². The van der Waals surface area contributed by atoms with Crippen LogP contribution in [0.15, 0.2) is 66.7 Å². The molecule has 4 rings (SSSR count). The summed E-state index contributed by atoms with van der Waals surface area (Å²) in [5.74, 6) is -0.219. The summed E-state index contributed by atoms with van der Waals surface area (Å²) in [6.45, 7) is 2.27. The first-order valence-corrected chi connectivity index (χ1v) is 8.47. The molecule has 126 valence electrons. The molecule has 0 aromatic heterocycles. The Hall–Kier alpha value is -2.69. The van der Waals surface area contributed by atoms with E-state index in [-0.39, 0.29) is 5.91 Å². The molecule has 3 aromatic rings. The molecule has 1 unspecified atom stereocenters. The van der Waals surface area contributed by atoms with Crippen molar-refractivity contribution in [3.05, 3.63) is 77.9 Å². The molecule has 0 spiro atoms. The second-order valence-corrected chi connectivity index (χ2v) is 6.36. The molecule has 25 heavy (non-hydrogen) atoms. The fourth-order valence-corrected chi connectivity index (χ4v) is 3.53. The summed E-state index contributed by atoms with van der Waals surface area (Å²) in [7, 11) is 0. The van der Waals surface area contributed by atoms with E-state index >= 15 is 0 Å².